The summed E-state index contributed by atoms with van der Waals surface area (Å²) in [5, 5.41) is 10.3. The molecule has 1 aliphatic rings. The van der Waals surface area contributed by atoms with Crippen LogP contribution in [0.25, 0.3) is 82.1 Å². The SMILES string of the molecule is C=C(/C=C(\C=C(/C)n1c2cc3c(cc2c2cc4c5ccccc5c5ccccc5c4cc21)-c1ccccc1C3(C)C)c1ccccc1)c1ccccc1.CC. The Bertz CT molecular complexity index is 3020. The summed E-state index contributed by atoms with van der Waals surface area (Å²) in [6, 6.07) is 57.7. The van der Waals surface area contributed by atoms with Gasteiger partial charge < -0.3 is 4.57 Å². The summed E-state index contributed by atoms with van der Waals surface area (Å²) in [6.07, 6.45) is 4.58. The molecular weight excluding hydrogens is 663 g/mol. The number of rotatable bonds is 5. The van der Waals surface area contributed by atoms with Crippen LogP contribution in [0.3, 0.4) is 0 Å². The number of hydrogen-bond donors (Lipinski definition) is 0. The molecule has 10 rings (SSSR count). The number of hydrogen-bond acceptors (Lipinski definition) is 0. The number of nitrogens with zero attached hydrogens (tertiary/aromatic N) is 1. The maximum atomic E-state index is 4.51. The number of benzene rings is 8. The predicted molar refractivity (Wildman–Crippen MR) is 241 cm³/mol. The zero-order valence-electron chi connectivity index (χ0n) is 32.3. The molecule has 0 unspecified atom stereocenters. The van der Waals surface area contributed by atoms with Gasteiger partial charge in [-0.3, -0.25) is 0 Å². The summed E-state index contributed by atoms with van der Waals surface area (Å²) in [6.45, 7) is 15.5. The Labute approximate surface area is 324 Å². The van der Waals surface area contributed by atoms with Gasteiger partial charge in [0.15, 0.2) is 0 Å². The van der Waals surface area contributed by atoms with E-state index in [1.165, 1.54) is 76.4 Å². The first kappa shape index (κ1) is 34.3. The molecule has 0 saturated heterocycles. The van der Waals surface area contributed by atoms with E-state index in [0.29, 0.717) is 0 Å². The standard InChI is InChI=1S/C52H39N.C2H6/c1-33(35-17-7-5-8-18-35)27-37(36-19-9-6-10-20-36)28-34(2)53-50-31-44-41-24-14-12-22-39(41)38-21-11-13-23-40(38)43(44)29-46(50)47-30-45-42-25-15-16-26-48(42)52(3,4)49(45)32-51(47)53;1-2/h5-32H,1H2,2-4H3;1-2H3/b34-28+,37-27+;. The highest BCUT2D eigenvalue weighted by Crippen LogP contribution is 2.51. The quantitative estimate of drug-likeness (QED) is 0.124. The molecule has 1 aliphatic carbocycles. The smallest absolute Gasteiger partial charge is 0.0544 e. The van der Waals surface area contributed by atoms with Crippen LogP contribution in [-0.4, -0.2) is 4.57 Å². The van der Waals surface area contributed by atoms with Gasteiger partial charge in [0.05, 0.1) is 11.0 Å². The lowest BCUT2D eigenvalue weighted by atomic mass is 9.82. The van der Waals surface area contributed by atoms with Gasteiger partial charge in [0.2, 0.25) is 0 Å². The van der Waals surface area contributed by atoms with Crippen molar-refractivity contribution in [2.24, 2.45) is 0 Å². The fourth-order valence-corrected chi connectivity index (χ4v) is 9.04. The Hall–Kier alpha value is -6.44. The second-order valence-electron chi connectivity index (χ2n) is 15.1. The summed E-state index contributed by atoms with van der Waals surface area (Å²) in [4.78, 5) is 0. The lowest BCUT2D eigenvalue weighted by Crippen LogP contribution is -2.15. The lowest BCUT2D eigenvalue weighted by molar-refractivity contribution is 0.661. The minimum absolute atomic E-state index is 0.112. The van der Waals surface area contributed by atoms with Crippen molar-refractivity contribution in [2.75, 3.05) is 0 Å². The molecule has 1 heterocycles. The van der Waals surface area contributed by atoms with Gasteiger partial charge >= 0.3 is 0 Å². The largest absolute Gasteiger partial charge is 0.313 e. The van der Waals surface area contributed by atoms with Crippen LogP contribution in [0.4, 0.5) is 0 Å². The van der Waals surface area contributed by atoms with E-state index in [-0.39, 0.29) is 5.41 Å². The molecule has 0 bridgehead atoms. The third-order valence-electron chi connectivity index (χ3n) is 11.6. The summed E-state index contributed by atoms with van der Waals surface area (Å²) in [7, 11) is 0. The summed E-state index contributed by atoms with van der Waals surface area (Å²) < 4.78 is 2.51. The van der Waals surface area contributed by atoms with Crippen LogP contribution in [0.2, 0.25) is 0 Å². The Balaban J connectivity index is 0.00000195. The van der Waals surface area contributed by atoms with Gasteiger partial charge in [-0.25, -0.2) is 0 Å². The van der Waals surface area contributed by atoms with Gasteiger partial charge in [-0.2, -0.15) is 0 Å². The van der Waals surface area contributed by atoms with Crippen molar-refractivity contribution in [3.05, 3.63) is 199 Å². The van der Waals surface area contributed by atoms with E-state index in [2.05, 4.69) is 202 Å². The Morgan fingerprint density at radius 1 is 0.473 bits per heavy atom. The van der Waals surface area contributed by atoms with Gasteiger partial charge in [0.25, 0.3) is 0 Å². The fourth-order valence-electron chi connectivity index (χ4n) is 9.04. The maximum absolute atomic E-state index is 4.51. The molecule has 0 spiro atoms. The Kier molecular flexibility index (Phi) is 8.40. The second kappa shape index (κ2) is 13.4. The monoisotopic (exact) mass is 707 g/mol. The molecule has 0 radical (unpaired) electrons. The van der Waals surface area contributed by atoms with Crippen LogP contribution in [0.5, 0.6) is 0 Å². The molecule has 0 atom stereocenters. The summed E-state index contributed by atoms with van der Waals surface area (Å²) >= 11 is 0. The first-order chi connectivity index (χ1) is 26.9. The molecule has 9 aromatic rings. The predicted octanol–water partition coefficient (Wildman–Crippen LogP) is 15.2. The van der Waals surface area contributed by atoms with Crippen LogP contribution in [0.15, 0.2) is 176 Å². The second-order valence-corrected chi connectivity index (χ2v) is 15.1. The molecule has 0 saturated carbocycles. The van der Waals surface area contributed by atoms with Crippen molar-refractivity contribution in [1.29, 1.82) is 0 Å². The van der Waals surface area contributed by atoms with Crippen molar-refractivity contribution in [2.45, 2.75) is 40.0 Å². The average Bonchev–Trinajstić information content (AvgIpc) is 3.67. The van der Waals surface area contributed by atoms with Crippen molar-refractivity contribution < 1.29 is 0 Å². The molecule has 266 valence electrons. The first-order valence-electron chi connectivity index (χ1n) is 19.5. The van der Waals surface area contributed by atoms with Crippen LogP contribution in [0, 0.1) is 0 Å². The maximum Gasteiger partial charge on any atom is 0.0544 e. The first-order valence-corrected chi connectivity index (χ1v) is 19.5. The van der Waals surface area contributed by atoms with E-state index in [1.807, 2.05) is 13.8 Å². The van der Waals surface area contributed by atoms with Crippen molar-refractivity contribution >= 4 is 71.0 Å². The Morgan fingerprint density at radius 3 is 1.60 bits per heavy atom. The zero-order valence-corrected chi connectivity index (χ0v) is 32.3. The minimum atomic E-state index is -0.112. The van der Waals surface area contributed by atoms with Gasteiger partial charge in [-0.05, 0) is 120 Å². The van der Waals surface area contributed by atoms with Gasteiger partial charge in [-0.1, -0.05) is 168 Å². The van der Waals surface area contributed by atoms with E-state index in [1.54, 1.807) is 0 Å². The molecule has 1 nitrogen and oxygen atoms in total. The van der Waals surface area contributed by atoms with Crippen molar-refractivity contribution in [1.82, 2.24) is 4.57 Å². The van der Waals surface area contributed by atoms with Crippen molar-refractivity contribution in [3.63, 3.8) is 0 Å². The average molecular weight is 708 g/mol. The fraction of sp³-hybridized carbons (Fsp3) is 0.111. The minimum Gasteiger partial charge on any atom is -0.313 e. The Morgan fingerprint density at radius 2 is 0.964 bits per heavy atom. The highest BCUT2D eigenvalue weighted by atomic mass is 15.0. The van der Waals surface area contributed by atoms with Crippen LogP contribution in [-0.2, 0) is 5.41 Å². The normalized spacial score (nSPS) is 13.6. The molecule has 0 N–H and O–H groups in total. The van der Waals surface area contributed by atoms with E-state index in [4.69, 9.17) is 0 Å². The molecule has 0 amide bonds. The zero-order chi connectivity index (χ0) is 37.8. The third-order valence-corrected chi connectivity index (χ3v) is 11.6. The van der Waals surface area contributed by atoms with E-state index in [0.717, 1.165) is 28.0 Å². The van der Waals surface area contributed by atoms with Crippen LogP contribution in [0.1, 0.15) is 56.9 Å². The number of fused-ring (bicyclic) bond motifs is 12. The van der Waals surface area contributed by atoms with Gasteiger partial charge in [-0.15, -0.1) is 0 Å². The van der Waals surface area contributed by atoms with E-state index < -0.39 is 0 Å². The summed E-state index contributed by atoms with van der Waals surface area (Å²) in [5.74, 6) is 0. The molecule has 1 aromatic heterocycles. The third kappa shape index (κ3) is 5.45. The summed E-state index contributed by atoms with van der Waals surface area (Å²) in [5.41, 5.74) is 13.3. The molecular formula is C54H45N. The van der Waals surface area contributed by atoms with E-state index in [9.17, 15) is 0 Å². The topological polar surface area (TPSA) is 4.93 Å². The van der Waals surface area contributed by atoms with Crippen LogP contribution >= 0.6 is 0 Å². The van der Waals surface area contributed by atoms with Crippen LogP contribution < -0.4 is 0 Å². The molecule has 0 fully saturated rings. The lowest BCUT2D eigenvalue weighted by Gasteiger charge is -2.21. The van der Waals surface area contributed by atoms with E-state index >= 15 is 0 Å². The van der Waals surface area contributed by atoms with Crippen molar-refractivity contribution in [3.8, 4) is 11.1 Å². The highest BCUT2D eigenvalue weighted by Gasteiger charge is 2.36. The molecule has 55 heavy (non-hydrogen) atoms. The molecule has 0 aliphatic heterocycles. The van der Waals surface area contributed by atoms with Gasteiger partial charge in [0, 0.05) is 21.9 Å². The number of allylic oxidation sites excluding steroid dienone is 5. The molecule has 1 heteroatoms. The van der Waals surface area contributed by atoms with Gasteiger partial charge in [0.1, 0.15) is 0 Å². The number of aromatic nitrogens is 1. The molecule has 8 aromatic carbocycles. The highest BCUT2D eigenvalue weighted by molar-refractivity contribution is 6.29.